The van der Waals surface area contributed by atoms with Gasteiger partial charge in [0.05, 0.1) is 16.7 Å². The Labute approximate surface area is 175 Å². The number of hydrogen-bond donors (Lipinski definition) is 1. The van der Waals surface area contributed by atoms with Crippen molar-refractivity contribution < 1.29 is 13.6 Å². The molecule has 0 radical (unpaired) electrons. The highest BCUT2D eigenvalue weighted by Crippen LogP contribution is 2.45. The SMILES string of the molecule is Cc1cccc(Cn2ccc(NC(=O)Cn3nc(C(F)F)c(Br)c3C3CC3)n2)c1. The van der Waals surface area contributed by atoms with Gasteiger partial charge >= 0.3 is 0 Å². The standard InChI is InChI=1S/C20H20BrF2N5O/c1-12-3-2-4-13(9-12)10-27-8-7-15(25-27)24-16(29)11-28-19(14-5-6-14)17(21)18(26-28)20(22)23/h2-4,7-9,14,20H,5-6,10-11H2,1H3,(H,24,25,29). The molecule has 1 aliphatic rings. The normalized spacial score (nSPS) is 13.8. The summed E-state index contributed by atoms with van der Waals surface area (Å²) in [5.41, 5.74) is 2.63. The van der Waals surface area contributed by atoms with Crippen molar-refractivity contribution >= 4 is 27.7 Å². The number of carbonyl (C=O) groups is 1. The summed E-state index contributed by atoms with van der Waals surface area (Å²) >= 11 is 3.23. The van der Waals surface area contributed by atoms with Gasteiger partial charge in [0.2, 0.25) is 5.91 Å². The molecule has 1 aromatic carbocycles. The molecule has 6 nitrogen and oxygen atoms in total. The van der Waals surface area contributed by atoms with Gasteiger partial charge in [-0.3, -0.25) is 14.2 Å². The Morgan fingerprint density at radius 2 is 2.10 bits per heavy atom. The summed E-state index contributed by atoms with van der Waals surface area (Å²) in [6.07, 6.45) is 0.923. The van der Waals surface area contributed by atoms with Gasteiger partial charge in [-0.25, -0.2) is 8.78 Å². The predicted octanol–water partition coefficient (Wildman–Crippen LogP) is 4.65. The summed E-state index contributed by atoms with van der Waals surface area (Å²) < 4.78 is 29.8. The maximum absolute atomic E-state index is 13.2. The molecule has 1 N–H and O–H groups in total. The van der Waals surface area contributed by atoms with Crippen LogP contribution in [-0.4, -0.2) is 25.5 Å². The van der Waals surface area contributed by atoms with Gasteiger partial charge in [-0.05, 0) is 41.3 Å². The zero-order valence-electron chi connectivity index (χ0n) is 15.8. The molecule has 0 unspecified atom stereocenters. The van der Waals surface area contributed by atoms with E-state index in [0.717, 1.165) is 18.4 Å². The maximum atomic E-state index is 13.2. The second kappa shape index (κ2) is 8.06. The second-order valence-electron chi connectivity index (χ2n) is 7.25. The van der Waals surface area contributed by atoms with Gasteiger partial charge in [-0.2, -0.15) is 10.2 Å². The minimum absolute atomic E-state index is 0.137. The van der Waals surface area contributed by atoms with Crippen LogP contribution in [0.3, 0.4) is 0 Å². The summed E-state index contributed by atoms with van der Waals surface area (Å²) in [7, 11) is 0. The highest BCUT2D eigenvalue weighted by molar-refractivity contribution is 9.10. The summed E-state index contributed by atoms with van der Waals surface area (Å²) in [4.78, 5) is 12.5. The number of aryl methyl sites for hydroxylation is 1. The van der Waals surface area contributed by atoms with Gasteiger partial charge in [-0.15, -0.1) is 0 Å². The van der Waals surface area contributed by atoms with Crippen molar-refractivity contribution in [3.8, 4) is 0 Å². The molecule has 2 heterocycles. The fourth-order valence-electron chi connectivity index (χ4n) is 3.31. The first-order chi connectivity index (χ1) is 13.9. The largest absolute Gasteiger partial charge is 0.308 e. The van der Waals surface area contributed by atoms with Crippen LogP contribution in [-0.2, 0) is 17.9 Å². The Kier molecular flexibility index (Phi) is 5.49. The zero-order chi connectivity index (χ0) is 20.5. The number of hydrogen-bond acceptors (Lipinski definition) is 3. The van der Waals surface area contributed by atoms with Gasteiger partial charge in [-0.1, -0.05) is 29.8 Å². The molecule has 0 bridgehead atoms. The molecule has 1 aliphatic carbocycles. The number of nitrogens with zero attached hydrogens (tertiary/aromatic N) is 4. The van der Waals surface area contributed by atoms with Crippen LogP contribution in [0, 0.1) is 6.92 Å². The van der Waals surface area contributed by atoms with Crippen LogP contribution in [0.15, 0.2) is 41.0 Å². The maximum Gasteiger partial charge on any atom is 0.283 e. The van der Waals surface area contributed by atoms with Crippen molar-refractivity contribution in [2.24, 2.45) is 0 Å². The van der Waals surface area contributed by atoms with E-state index >= 15 is 0 Å². The third-order valence-electron chi connectivity index (χ3n) is 4.76. The van der Waals surface area contributed by atoms with Gasteiger partial charge in [0.25, 0.3) is 6.43 Å². The molecule has 9 heteroatoms. The first-order valence-corrected chi connectivity index (χ1v) is 10.1. The molecule has 1 amide bonds. The van der Waals surface area contributed by atoms with Gasteiger partial charge in [0.15, 0.2) is 5.82 Å². The van der Waals surface area contributed by atoms with Crippen molar-refractivity contribution in [3.63, 3.8) is 0 Å². The van der Waals surface area contributed by atoms with Crippen LogP contribution in [0.2, 0.25) is 0 Å². The topological polar surface area (TPSA) is 64.7 Å². The number of alkyl halides is 2. The number of halogens is 3. The van der Waals surface area contributed by atoms with Gasteiger partial charge in [0, 0.05) is 18.2 Å². The molecule has 0 atom stereocenters. The number of rotatable bonds is 7. The quantitative estimate of drug-likeness (QED) is 0.554. The predicted molar refractivity (Wildman–Crippen MR) is 108 cm³/mol. The smallest absolute Gasteiger partial charge is 0.283 e. The van der Waals surface area contributed by atoms with Crippen molar-refractivity contribution in [3.05, 3.63) is 63.5 Å². The molecule has 2 aromatic heterocycles. The molecular weight excluding hydrogens is 444 g/mol. The molecule has 4 rings (SSSR count). The molecule has 152 valence electrons. The van der Waals surface area contributed by atoms with Crippen LogP contribution >= 0.6 is 15.9 Å². The third kappa shape index (κ3) is 4.55. The fourth-order valence-corrected chi connectivity index (χ4v) is 4.09. The zero-order valence-corrected chi connectivity index (χ0v) is 17.4. The Morgan fingerprint density at radius 1 is 1.31 bits per heavy atom. The Bertz CT molecular complexity index is 1040. The van der Waals surface area contributed by atoms with E-state index in [1.807, 2.05) is 25.1 Å². The molecule has 1 fully saturated rings. The van der Waals surface area contributed by atoms with E-state index in [9.17, 15) is 13.6 Å². The van der Waals surface area contributed by atoms with Crippen LogP contribution in [0.1, 0.15) is 47.7 Å². The summed E-state index contributed by atoms with van der Waals surface area (Å²) in [6, 6.07) is 9.82. The second-order valence-corrected chi connectivity index (χ2v) is 8.05. The highest BCUT2D eigenvalue weighted by atomic mass is 79.9. The van der Waals surface area contributed by atoms with E-state index in [1.54, 1.807) is 16.9 Å². The highest BCUT2D eigenvalue weighted by Gasteiger charge is 2.34. The number of benzene rings is 1. The van der Waals surface area contributed by atoms with Crippen LogP contribution < -0.4 is 5.32 Å². The summed E-state index contributed by atoms with van der Waals surface area (Å²) in [5.74, 6) is 0.227. The average Bonchev–Trinajstić information content (AvgIpc) is 3.31. The molecule has 0 saturated heterocycles. The van der Waals surface area contributed by atoms with Crippen LogP contribution in [0.4, 0.5) is 14.6 Å². The minimum Gasteiger partial charge on any atom is -0.308 e. The number of carbonyl (C=O) groups excluding carboxylic acids is 1. The molecule has 0 spiro atoms. The van der Waals surface area contributed by atoms with Crippen molar-refractivity contribution in [1.29, 1.82) is 0 Å². The van der Waals surface area contributed by atoms with E-state index < -0.39 is 6.43 Å². The summed E-state index contributed by atoms with van der Waals surface area (Å²) in [5, 5.41) is 11.0. The number of amides is 1. The molecule has 1 saturated carbocycles. The lowest BCUT2D eigenvalue weighted by Crippen LogP contribution is -2.21. The molecule has 29 heavy (non-hydrogen) atoms. The number of aromatic nitrogens is 4. The Morgan fingerprint density at radius 3 is 2.79 bits per heavy atom. The summed E-state index contributed by atoms with van der Waals surface area (Å²) in [6.45, 7) is 2.48. The van der Waals surface area contributed by atoms with E-state index in [4.69, 9.17) is 0 Å². The number of nitrogens with one attached hydrogen (secondary N) is 1. The molecule has 3 aromatic rings. The van der Waals surface area contributed by atoms with Gasteiger partial charge in [0.1, 0.15) is 12.2 Å². The molecular formula is C20H20BrF2N5O. The first-order valence-electron chi connectivity index (χ1n) is 9.34. The van der Waals surface area contributed by atoms with E-state index in [-0.39, 0.29) is 24.1 Å². The van der Waals surface area contributed by atoms with Crippen LogP contribution in [0.25, 0.3) is 0 Å². The number of anilines is 1. The van der Waals surface area contributed by atoms with Crippen molar-refractivity contribution in [1.82, 2.24) is 19.6 Å². The fraction of sp³-hybridized carbons (Fsp3) is 0.350. The Hall–Kier alpha value is -2.55. The van der Waals surface area contributed by atoms with Gasteiger partial charge < -0.3 is 5.32 Å². The minimum atomic E-state index is -2.69. The first kappa shape index (κ1) is 19.8. The average molecular weight is 464 g/mol. The van der Waals surface area contributed by atoms with E-state index in [2.05, 4.69) is 37.5 Å². The van der Waals surface area contributed by atoms with Crippen molar-refractivity contribution in [2.45, 2.75) is 45.2 Å². The lowest BCUT2D eigenvalue weighted by Gasteiger charge is -2.07. The molecule has 0 aliphatic heterocycles. The van der Waals surface area contributed by atoms with E-state index in [1.165, 1.54) is 10.2 Å². The lowest BCUT2D eigenvalue weighted by molar-refractivity contribution is -0.117. The van der Waals surface area contributed by atoms with Crippen molar-refractivity contribution in [2.75, 3.05) is 5.32 Å². The monoisotopic (exact) mass is 463 g/mol. The third-order valence-corrected chi connectivity index (χ3v) is 5.57. The van der Waals surface area contributed by atoms with E-state index in [0.29, 0.717) is 22.5 Å². The van der Waals surface area contributed by atoms with Crippen LogP contribution in [0.5, 0.6) is 0 Å². The Balaban J connectivity index is 1.43. The lowest BCUT2D eigenvalue weighted by atomic mass is 10.1.